The third-order valence-electron chi connectivity index (χ3n) is 22.5. The van der Waals surface area contributed by atoms with Crippen molar-refractivity contribution in [1.82, 2.24) is 47.0 Å². The first kappa shape index (κ1) is 51.6. The summed E-state index contributed by atoms with van der Waals surface area (Å²) in [6, 6.07) is 99.2. The molecule has 0 fully saturated rings. The molecular weight excluding hydrogens is 1220 g/mol. The fraction of sp³-hybridized carbons (Fsp3) is 0. The fourth-order valence-electron chi connectivity index (χ4n) is 18.6. The van der Waals surface area contributed by atoms with Crippen molar-refractivity contribution in [2.24, 2.45) is 0 Å². The van der Waals surface area contributed by atoms with Gasteiger partial charge < -0.3 is 27.1 Å². The Bertz CT molecular complexity index is 7360. The monoisotopic (exact) mass is 1270 g/mol. The maximum atomic E-state index is 6.18. The zero-order valence-electron chi connectivity index (χ0n) is 53.2. The number of para-hydroxylation sites is 8. The SMILES string of the molecule is c1ccc2c(c1)c1ccccc1n2-c1ccc2c(c1)c1cc(-n3c4ccccc4c4ccccc43)cc3c4c5nc6c7cnccc7c7ccncc7c6nc5c5c6cc(-n7c8ccccc8c8ccccc87)cc7c8cc(-n9c%10ccccc%10c%10ccccc%109)ccc8n(c76)c5c4n2c13. The van der Waals surface area contributed by atoms with Gasteiger partial charge in [0, 0.05) is 144 Å². The van der Waals surface area contributed by atoms with Crippen molar-refractivity contribution in [1.29, 1.82) is 0 Å². The summed E-state index contributed by atoms with van der Waals surface area (Å²) in [5.41, 5.74) is 23.4. The first-order valence-corrected chi connectivity index (χ1v) is 34.2. The molecular formula is C90H48N10. The fourth-order valence-corrected chi connectivity index (χ4v) is 18.6. The summed E-state index contributed by atoms with van der Waals surface area (Å²) >= 11 is 0. The zero-order chi connectivity index (χ0) is 64.5. The summed E-state index contributed by atoms with van der Waals surface area (Å²) in [4.78, 5) is 22.0. The molecule has 25 aromatic rings. The molecule has 0 atom stereocenters. The third kappa shape index (κ3) is 6.23. The number of fused-ring (bicyclic) bond motifs is 34. The van der Waals surface area contributed by atoms with Gasteiger partial charge in [0.2, 0.25) is 0 Å². The summed E-state index contributed by atoms with van der Waals surface area (Å²) in [7, 11) is 0. The molecule has 0 saturated carbocycles. The molecule has 0 aliphatic rings. The Morgan fingerprint density at radius 2 is 0.470 bits per heavy atom. The number of hydrogen-bond acceptors (Lipinski definition) is 4. The molecule has 10 heteroatoms. The summed E-state index contributed by atoms with van der Waals surface area (Å²) in [6.45, 7) is 0. The van der Waals surface area contributed by atoms with Crippen molar-refractivity contribution in [2.45, 2.75) is 0 Å². The highest BCUT2D eigenvalue weighted by molar-refractivity contribution is 6.41. The zero-order valence-corrected chi connectivity index (χ0v) is 53.2. The van der Waals surface area contributed by atoms with Crippen LogP contribution in [0, 0.1) is 0 Å². The van der Waals surface area contributed by atoms with Gasteiger partial charge in [-0.25, -0.2) is 9.97 Å². The van der Waals surface area contributed by atoms with Gasteiger partial charge in [-0.3, -0.25) is 9.97 Å². The highest BCUT2D eigenvalue weighted by Crippen LogP contribution is 2.53. The standard InChI is InChI=1S/C90H48N10/c1-9-25-71-55(17-1)56-18-2-10-26-72(56)95(71)49-33-35-79-63(41-49)65-43-51(97-75-29-13-5-21-59(75)60-22-6-14-30-76(60)97)45-67-81-85-86(94-84-70-48-92-40-38-54(70)53-37-39-91-47-69(53)83(84)93-85)82-68-46-52(98-77-31-15-7-23-61(77)62-24-8-16-32-78(62)98)44-66-64-42-50(96-73-27-11-3-19-57(73)58-20-4-12-28-74(58)96)34-36-80(64)100(88(66)68)90(82)89(81)99(79)87(65)67/h1-48H. The van der Waals surface area contributed by atoms with Gasteiger partial charge in [-0.1, -0.05) is 146 Å². The molecule has 14 aromatic carbocycles. The van der Waals surface area contributed by atoms with Gasteiger partial charge in [-0.15, -0.1) is 0 Å². The normalized spacial score (nSPS) is 12.8. The Hall–Kier alpha value is -13.7. The van der Waals surface area contributed by atoms with Crippen LogP contribution in [0.25, 0.3) is 230 Å². The van der Waals surface area contributed by atoms with Crippen LogP contribution in [0.1, 0.15) is 0 Å². The second kappa shape index (κ2) is 18.2. The molecule has 11 aromatic heterocycles. The Morgan fingerprint density at radius 1 is 0.190 bits per heavy atom. The van der Waals surface area contributed by atoms with Crippen molar-refractivity contribution >= 4 is 207 Å². The first-order chi connectivity index (χ1) is 49.7. The van der Waals surface area contributed by atoms with Crippen molar-refractivity contribution < 1.29 is 0 Å². The average Bonchev–Trinajstić information content (AvgIpc) is 1.49. The molecule has 0 bridgehead atoms. The maximum Gasteiger partial charge on any atom is 0.100 e. The molecule has 11 heterocycles. The molecule has 458 valence electrons. The van der Waals surface area contributed by atoms with Crippen molar-refractivity contribution in [2.75, 3.05) is 0 Å². The van der Waals surface area contributed by atoms with Crippen LogP contribution in [0.2, 0.25) is 0 Å². The molecule has 10 nitrogen and oxygen atoms in total. The van der Waals surface area contributed by atoms with E-state index in [-0.39, 0.29) is 0 Å². The lowest BCUT2D eigenvalue weighted by atomic mass is 9.99. The van der Waals surface area contributed by atoms with Gasteiger partial charge in [0.25, 0.3) is 0 Å². The minimum atomic E-state index is 0.787. The number of aromatic nitrogens is 10. The van der Waals surface area contributed by atoms with Crippen LogP contribution >= 0.6 is 0 Å². The summed E-state index contributed by atoms with van der Waals surface area (Å²) in [6.07, 6.45) is 7.72. The minimum absolute atomic E-state index is 0.787. The Labute approximate surface area is 565 Å². The maximum absolute atomic E-state index is 6.18. The van der Waals surface area contributed by atoms with Gasteiger partial charge in [0.05, 0.1) is 88.3 Å². The summed E-state index contributed by atoms with van der Waals surface area (Å²) < 4.78 is 15.1. The van der Waals surface area contributed by atoms with E-state index >= 15 is 0 Å². The first-order valence-electron chi connectivity index (χ1n) is 34.2. The van der Waals surface area contributed by atoms with E-state index in [9.17, 15) is 0 Å². The smallest absolute Gasteiger partial charge is 0.100 e. The van der Waals surface area contributed by atoms with Gasteiger partial charge in [-0.2, -0.15) is 0 Å². The highest BCUT2D eigenvalue weighted by atomic mass is 15.0. The highest BCUT2D eigenvalue weighted by Gasteiger charge is 2.32. The average molecular weight is 1270 g/mol. The molecule has 0 aliphatic heterocycles. The molecule has 0 spiro atoms. The third-order valence-corrected chi connectivity index (χ3v) is 22.5. The number of rotatable bonds is 4. The predicted octanol–water partition coefficient (Wildman–Crippen LogP) is 22.6. The Morgan fingerprint density at radius 3 is 0.790 bits per heavy atom. The summed E-state index contributed by atoms with van der Waals surface area (Å²) in [5.74, 6) is 0. The molecule has 0 unspecified atom stereocenters. The molecule has 0 amide bonds. The van der Waals surface area contributed by atoms with Crippen LogP contribution in [0.3, 0.4) is 0 Å². The Balaban J connectivity index is 0.929. The van der Waals surface area contributed by atoms with E-state index in [0.29, 0.717) is 0 Å². The molecule has 0 N–H and O–H groups in total. The van der Waals surface area contributed by atoms with E-state index in [0.717, 1.165) is 165 Å². The number of hydrogen-bond donors (Lipinski definition) is 0. The number of benzene rings is 14. The molecule has 100 heavy (non-hydrogen) atoms. The van der Waals surface area contributed by atoms with Gasteiger partial charge >= 0.3 is 0 Å². The van der Waals surface area contributed by atoms with E-state index in [1.54, 1.807) is 0 Å². The van der Waals surface area contributed by atoms with E-state index in [2.05, 4.69) is 294 Å². The quantitative estimate of drug-likeness (QED) is 0.130. The second-order valence-corrected chi connectivity index (χ2v) is 27.2. The largest absolute Gasteiger partial charge is 0.309 e. The van der Waals surface area contributed by atoms with Gasteiger partial charge in [0.15, 0.2) is 0 Å². The molecule has 0 saturated heterocycles. The lowest BCUT2D eigenvalue weighted by molar-refractivity contribution is 1.18. The second-order valence-electron chi connectivity index (χ2n) is 27.2. The lowest BCUT2D eigenvalue weighted by Gasteiger charge is -2.13. The van der Waals surface area contributed by atoms with Gasteiger partial charge in [0.1, 0.15) is 11.0 Å². The molecule has 25 rings (SSSR count). The number of nitrogens with zero attached hydrogens (tertiary/aromatic N) is 10. The van der Waals surface area contributed by atoms with Crippen LogP contribution in [-0.4, -0.2) is 47.0 Å². The molecule has 0 aliphatic carbocycles. The van der Waals surface area contributed by atoms with E-state index < -0.39 is 0 Å². The van der Waals surface area contributed by atoms with Crippen LogP contribution in [-0.2, 0) is 0 Å². The van der Waals surface area contributed by atoms with E-state index in [1.807, 2.05) is 24.8 Å². The van der Waals surface area contributed by atoms with Crippen LogP contribution in [0.4, 0.5) is 0 Å². The van der Waals surface area contributed by atoms with Crippen molar-refractivity contribution in [3.63, 3.8) is 0 Å². The van der Waals surface area contributed by atoms with Crippen LogP contribution in [0.15, 0.2) is 292 Å². The van der Waals surface area contributed by atoms with Crippen LogP contribution in [0.5, 0.6) is 0 Å². The van der Waals surface area contributed by atoms with Gasteiger partial charge in [-0.05, 0) is 132 Å². The van der Waals surface area contributed by atoms with Crippen molar-refractivity contribution in [3.8, 4) is 22.7 Å². The Kier molecular flexibility index (Phi) is 9.41. The number of pyridine rings is 2. The van der Waals surface area contributed by atoms with Crippen molar-refractivity contribution in [3.05, 3.63) is 292 Å². The predicted molar refractivity (Wildman–Crippen MR) is 414 cm³/mol. The minimum Gasteiger partial charge on any atom is -0.309 e. The topological polar surface area (TPSA) is 80.1 Å². The summed E-state index contributed by atoms with van der Waals surface area (Å²) in [5, 5.41) is 22.6. The van der Waals surface area contributed by atoms with E-state index in [4.69, 9.17) is 19.9 Å². The lowest BCUT2D eigenvalue weighted by Crippen LogP contribution is -1.97. The molecule has 0 radical (unpaired) electrons. The van der Waals surface area contributed by atoms with E-state index in [1.165, 1.54) is 65.2 Å². The van der Waals surface area contributed by atoms with Crippen LogP contribution < -0.4 is 0 Å².